The topological polar surface area (TPSA) is 52.9 Å². The van der Waals surface area contributed by atoms with E-state index >= 15 is 0 Å². The van der Waals surface area contributed by atoms with E-state index < -0.39 is 6.03 Å². The van der Waals surface area contributed by atoms with Gasteiger partial charge in [0.15, 0.2) is 0 Å². The molecule has 1 aromatic carbocycles. The molecular formula is C12H17N2ORu. The van der Waals surface area contributed by atoms with Gasteiger partial charge in [-0.3, -0.25) is 4.79 Å². The Bertz CT molecular complexity index is 347. The third-order valence-electron chi connectivity index (χ3n) is 2.52. The van der Waals surface area contributed by atoms with E-state index in [-0.39, 0.29) is 24.9 Å². The van der Waals surface area contributed by atoms with E-state index in [1.165, 1.54) is 11.1 Å². The number of rotatable bonds is 3. The zero-order valence-corrected chi connectivity index (χ0v) is 11.5. The maximum absolute atomic E-state index is 10.5. The Balaban J connectivity index is 0.00000225. The Morgan fingerprint density at radius 3 is 2.25 bits per heavy atom. The van der Waals surface area contributed by atoms with Crippen molar-refractivity contribution in [3.63, 3.8) is 0 Å². The van der Waals surface area contributed by atoms with Gasteiger partial charge in [-0.2, -0.15) is 0 Å². The fraction of sp³-hybridized carbons (Fsp3) is 0.417. The molecule has 0 atom stereocenters. The summed E-state index contributed by atoms with van der Waals surface area (Å²) >= 11 is 0. The molecule has 0 saturated heterocycles. The van der Waals surface area contributed by atoms with Crippen molar-refractivity contribution in [1.29, 1.82) is 0 Å². The molecule has 1 aromatic rings. The Hall–Kier alpha value is -0.887. The zero-order chi connectivity index (χ0) is 11.5. The van der Waals surface area contributed by atoms with Crippen molar-refractivity contribution in [3.05, 3.63) is 41.1 Å². The van der Waals surface area contributed by atoms with Gasteiger partial charge in [0.25, 0.3) is 0 Å². The van der Waals surface area contributed by atoms with Crippen molar-refractivity contribution < 1.29 is 24.3 Å². The summed E-state index contributed by atoms with van der Waals surface area (Å²) in [5.41, 5.74) is 9.06. The summed E-state index contributed by atoms with van der Waals surface area (Å²) in [4.78, 5) is 10.5. The molecule has 0 fully saturated rings. The second-order valence-electron chi connectivity index (χ2n) is 4.43. The third kappa shape index (κ3) is 4.32. The summed E-state index contributed by atoms with van der Waals surface area (Å²) in [7, 11) is 0. The normalized spacial score (nSPS) is 10.4. The summed E-state index contributed by atoms with van der Waals surface area (Å²) in [5, 5.41) is 2.53. The van der Waals surface area contributed by atoms with Gasteiger partial charge in [-0.15, -0.1) is 0 Å². The molecule has 0 aromatic heterocycles. The fourth-order valence-corrected chi connectivity index (χ4v) is 1.41. The Morgan fingerprint density at radius 2 is 1.81 bits per heavy atom. The first-order valence-electron chi connectivity index (χ1n) is 4.98. The van der Waals surface area contributed by atoms with Crippen LogP contribution in [0.1, 0.15) is 25.0 Å². The number of aryl methyl sites for hydroxylation is 1. The first-order valence-corrected chi connectivity index (χ1v) is 4.98. The van der Waals surface area contributed by atoms with Crippen LogP contribution in [0.2, 0.25) is 0 Å². The van der Waals surface area contributed by atoms with Crippen LogP contribution < -0.4 is 5.32 Å². The van der Waals surface area contributed by atoms with Gasteiger partial charge in [-0.1, -0.05) is 43.7 Å². The summed E-state index contributed by atoms with van der Waals surface area (Å²) in [6.07, 6.45) is 0. The van der Waals surface area contributed by atoms with Gasteiger partial charge in [0.2, 0.25) is 0 Å². The van der Waals surface area contributed by atoms with Crippen molar-refractivity contribution >= 4 is 6.03 Å². The van der Waals surface area contributed by atoms with Crippen molar-refractivity contribution in [3.8, 4) is 0 Å². The van der Waals surface area contributed by atoms with Crippen LogP contribution in [0.25, 0.3) is 5.73 Å². The standard InChI is InChI=1S/C12H18N2O.Ru/c1-9-4-6-10(7-5-9)12(2,3)8-14-11(13)15;/h4-7H,8H2,1-3H3,(H3,13,14,15);/q;+1/p-1. The Morgan fingerprint density at radius 1 is 1.31 bits per heavy atom. The molecule has 0 aliphatic carbocycles. The number of amides is 2. The molecule has 0 bridgehead atoms. The smallest absolute Gasteiger partial charge is 0.449 e. The molecule has 0 aliphatic heterocycles. The maximum Gasteiger partial charge on any atom is 1.00 e. The van der Waals surface area contributed by atoms with Crippen LogP contribution in [0.15, 0.2) is 24.3 Å². The number of hydrogen-bond donors (Lipinski definition) is 1. The first kappa shape index (κ1) is 15.1. The van der Waals surface area contributed by atoms with Crippen LogP contribution in [-0.2, 0) is 24.9 Å². The molecule has 1 radical (unpaired) electrons. The predicted molar refractivity (Wildman–Crippen MR) is 61.9 cm³/mol. The van der Waals surface area contributed by atoms with Gasteiger partial charge < -0.3 is 11.1 Å². The van der Waals surface area contributed by atoms with E-state index in [0.717, 1.165) is 0 Å². The van der Waals surface area contributed by atoms with Crippen molar-refractivity contribution in [1.82, 2.24) is 5.32 Å². The molecule has 0 saturated carbocycles. The Labute approximate surface area is 110 Å². The van der Waals surface area contributed by atoms with Crippen LogP contribution in [0.5, 0.6) is 0 Å². The van der Waals surface area contributed by atoms with Gasteiger partial charge >= 0.3 is 19.5 Å². The average Bonchev–Trinajstić information content (AvgIpc) is 2.16. The molecule has 89 valence electrons. The summed E-state index contributed by atoms with van der Waals surface area (Å²) < 4.78 is 0. The minimum Gasteiger partial charge on any atom is -0.449 e. The van der Waals surface area contributed by atoms with Crippen LogP contribution in [0.3, 0.4) is 0 Å². The minimum absolute atomic E-state index is 0. The van der Waals surface area contributed by atoms with Crippen molar-refractivity contribution in [2.75, 3.05) is 6.54 Å². The van der Waals surface area contributed by atoms with Gasteiger partial charge in [0, 0.05) is 0 Å². The largest absolute Gasteiger partial charge is 1.00 e. The number of urea groups is 1. The second kappa shape index (κ2) is 6.00. The molecular weight excluding hydrogens is 289 g/mol. The number of hydrogen-bond acceptors (Lipinski definition) is 1. The zero-order valence-electron chi connectivity index (χ0n) is 9.78. The SMILES string of the molecule is Cc1ccc(C(C)(C)CNC([NH-])=O)cc1.[Ru+]. The van der Waals surface area contributed by atoms with Crippen LogP contribution in [0.4, 0.5) is 4.79 Å². The molecule has 2 amide bonds. The fourth-order valence-electron chi connectivity index (χ4n) is 1.41. The van der Waals surface area contributed by atoms with E-state index in [1.54, 1.807) is 0 Å². The molecule has 0 heterocycles. The molecule has 16 heavy (non-hydrogen) atoms. The minimum atomic E-state index is -0.727. The van der Waals surface area contributed by atoms with E-state index in [2.05, 4.69) is 29.6 Å². The van der Waals surface area contributed by atoms with E-state index in [0.29, 0.717) is 6.54 Å². The van der Waals surface area contributed by atoms with Crippen LogP contribution >= 0.6 is 0 Å². The number of carbonyl (C=O) groups excluding carboxylic acids is 1. The average molecular weight is 306 g/mol. The monoisotopic (exact) mass is 307 g/mol. The summed E-state index contributed by atoms with van der Waals surface area (Å²) in [5.74, 6) is 0. The Kier molecular flexibility index (Phi) is 5.67. The maximum atomic E-state index is 10.5. The molecule has 1 rings (SSSR count). The summed E-state index contributed by atoms with van der Waals surface area (Å²) in [6.45, 7) is 6.63. The van der Waals surface area contributed by atoms with E-state index in [9.17, 15) is 4.79 Å². The van der Waals surface area contributed by atoms with Gasteiger partial charge in [0.05, 0.1) is 0 Å². The molecule has 2 N–H and O–H groups in total. The van der Waals surface area contributed by atoms with Crippen molar-refractivity contribution in [2.24, 2.45) is 0 Å². The predicted octanol–water partition coefficient (Wildman–Crippen LogP) is 3.03. The first-order chi connectivity index (χ1) is 6.92. The van der Waals surface area contributed by atoms with E-state index in [4.69, 9.17) is 5.73 Å². The molecule has 0 unspecified atom stereocenters. The molecule has 4 heteroatoms. The molecule has 0 aliphatic rings. The van der Waals surface area contributed by atoms with Gasteiger partial charge in [-0.25, -0.2) is 0 Å². The van der Waals surface area contributed by atoms with Crippen LogP contribution in [0, 0.1) is 6.92 Å². The molecule has 3 nitrogen and oxygen atoms in total. The number of carbonyl (C=O) groups is 1. The number of benzene rings is 1. The van der Waals surface area contributed by atoms with Crippen molar-refractivity contribution in [2.45, 2.75) is 26.2 Å². The van der Waals surface area contributed by atoms with Crippen LogP contribution in [-0.4, -0.2) is 12.6 Å². The van der Waals surface area contributed by atoms with E-state index in [1.807, 2.05) is 20.8 Å². The molecule has 0 spiro atoms. The quantitative estimate of drug-likeness (QED) is 0.857. The summed E-state index contributed by atoms with van der Waals surface area (Å²) in [6, 6.07) is 7.51. The number of nitrogens with one attached hydrogen (secondary N) is 2. The second-order valence-corrected chi connectivity index (χ2v) is 4.43. The third-order valence-corrected chi connectivity index (χ3v) is 2.52. The van der Waals surface area contributed by atoms with Gasteiger partial charge in [-0.05, 0) is 24.4 Å². The van der Waals surface area contributed by atoms with Gasteiger partial charge in [0.1, 0.15) is 6.03 Å².